The van der Waals surface area contributed by atoms with Gasteiger partial charge in [0.1, 0.15) is 5.75 Å². The molecular formula is C16H22ClNO3. The van der Waals surface area contributed by atoms with E-state index < -0.39 is 5.38 Å². The van der Waals surface area contributed by atoms with Crippen molar-refractivity contribution < 1.29 is 14.3 Å². The van der Waals surface area contributed by atoms with E-state index in [1.165, 1.54) is 0 Å². The smallest absolute Gasteiger partial charge is 0.224 e. The molecule has 0 spiro atoms. The van der Waals surface area contributed by atoms with E-state index in [2.05, 4.69) is 5.32 Å². The number of Topliss-reactive ketones (excluding diaryl/α,β-unsaturated/α-hetero) is 1. The minimum Gasteiger partial charge on any atom is -0.492 e. The van der Waals surface area contributed by atoms with Gasteiger partial charge in [0.2, 0.25) is 5.91 Å². The Balaban J connectivity index is 2.99. The Morgan fingerprint density at radius 3 is 2.48 bits per heavy atom. The molecule has 0 fully saturated rings. The zero-order chi connectivity index (χ0) is 16.0. The quantitative estimate of drug-likeness (QED) is 0.614. The Kier molecular flexibility index (Phi) is 6.69. The number of nitrogens with one attached hydrogen (secondary N) is 1. The van der Waals surface area contributed by atoms with E-state index in [9.17, 15) is 9.59 Å². The maximum atomic E-state index is 11.9. The van der Waals surface area contributed by atoms with Crippen molar-refractivity contribution >= 4 is 29.0 Å². The first-order valence-corrected chi connectivity index (χ1v) is 7.53. The summed E-state index contributed by atoms with van der Waals surface area (Å²) in [5.74, 6) is 0.518. The standard InChI is InChI=1S/C16H22ClNO3/c1-5-21-14-9-12(16(20)11(4)17)6-7-13(14)18-15(19)8-10(2)3/h6-7,9-11H,5,8H2,1-4H3,(H,18,19). The fourth-order valence-electron chi connectivity index (χ4n) is 1.86. The number of benzene rings is 1. The molecule has 0 saturated heterocycles. The average molecular weight is 312 g/mol. The highest BCUT2D eigenvalue weighted by Gasteiger charge is 2.16. The number of alkyl halides is 1. The van der Waals surface area contributed by atoms with Gasteiger partial charge >= 0.3 is 0 Å². The minimum atomic E-state index is -0.596. The van der Waals surface area contributed by atoms with Crippen LogP contribution in [0.5, 0.6) is 5.75 Å². The van der Waals surface area contributed by atoms with E-state index >= 15 is 0 Å². The number of halogens is 1. The average Bonchev–Trinajstić information content (AvgIpc) is 2.39. The van der Waals surface area contributed by atoms with Crippen molar-refractivity contribution in [3.8, 4) is 5.75 Å². The molecular weight excluding hydrogens is 290 g/mol. The number of rotatable bonds is 7. The molecule has 0 aliphatic heterocycles. The van der Waals surface area contributed by atoms with Gasteiger partial charge in [-0.2, -0.15) is 0 Å². The van der Waals surface area contributed by atoms with Gasteiger partial charge in [0.25, 0.3) is 0 Å². The van der Waals surface area contributed by atoms with Crippen molar-refractivity contribution in [1.82, 2.24) is 0 Å². The molecule has 1 amide bonds. The normalized spacial score (nSPS) is 12.1. The summed E-state index contributed by atoms with van der Waals surface area (Å²) in [5.41, 5.74) is 1.05. The fraction of sp³-hybridized carbons (Fsp3) is 0.500. The van der Waals surface area contributed by atoms with Crippen LogP contribution in [0.1, 0.15) is 44.5 Å². The molecule has 0 radical (unpaired) electrons. The lowest BCUT2D eigenvalue weighted by Gasteiger charge is -2.14. The number of hydrogen-bond donors (Lipinski definition) is 1. The maximum absolute atomic E-state index is 11.9. The Hall–Kier alpha value is -1.55. The topological polar surface area (TPSA) is 55.4 Å². The van der Waals surface area contributed by atoms with Gasteiger partial charge < -0.3 is 10.1 Å². The summed E-state index contributed by atoms with van der Waals surface area (Å²) in [6, 6.07) is 4.94. The first-order chi connectivity index (χ1) is 9.85. The van der Waals surface area contributed by atoms with Crippen molar-refractivity contribution in [1.29, 1.82) is 0 Å². The van der Waals surface area contributed by atoms with Crippen LogP contribution in [0.2, 0.25) is 0 Å². The molecule has 1 unspecified atom stereocenters. The maximum Gasteiger partial charge on any atom is 0.224 e. The summed E-state index contributed by atoms with van der Waals surface area (Å²) in [5, 5.41) is 2.22. The molecule has 0 aliphatic carbocycles. The van der Waals surface area contributed by atoms with E-state index in [4.69, 9.17) is 16.3 Å². The third-order valence-corrected chi connectivity index (χ3v) is 2.99. The molecule has 0 bridgehead atoms. The molecule has 0 saturated carbocycles. The van der Waals surface area contributed by atoms with Gasteiger partial charge in [0.15, 0.2) is 5.78 Å². The van der Waals surface area contributed by atoms with E-state index in [1.807, 2.05) is 20.8 Å². The second kappa shape index (κ2) is 8.03. The van der Waals surface area contributed by atoms with E-state index in [1.54, 1.807) is 25.1 Å². The van der Waals surface area contributed by atoms with Crippen LogP contribution in [-0.2, 0) is 4.79 Å². The first kappa shape index (κ1) is 17.5. The van der Waals surface area contributed by atoms with Crippen molar-refractivity contribution in [3.05, 3.63) is 23.8 Å². The Morgan fingerprint density at radius 2 is 1.95 bits per heavy atom. The van der Waals surface area contributed by atoms with Gasteiger partial charge in [-0.05, 0) is 38.0 Å². The number of ether oxygens (including phenoxy) is 1. The Labute approximate surface area is 130 Å². The second-order valence-electron chi connectivity index (χ2n) is 5.27. The fourth-order valence-corrected chi connectivity index (χ4v) is 1.98. The SMILES string of the molecule is CCOc1cc(C(=O)C(C)Cl)ccc1NC(=O)CC(C)C. The van der Waals surface area contributed by atoms with Crippen LogP contribution in [0.25, 0.3) is 0 Å². The highest BCUT2D eigenvalue weighted by atomic mass is 35.5. The monoisotopic (exact) mass is 311 g/mol. The molecule has 0 aromatic heterocycles. The van der Waals surface area contributed by atoms with Gasteiger partial charge in [-0.3, -0.25) is 9.59 Å². The van der Waals surface area contributed by atoms with Crippen molar-refractivity contribution in [2.75, 3.05) is 11.9 Å². The predicted molar refractivity (Wildman–Crippen MR) is 85.3 cm³/mol. The van der Waals surface area contributed by atoms with Gasteiger partial charge in [0.05, 0.1) is 17.7 Å². The summed E-state index contributed by atoms with van der Waals surface area (Å²) in [7, 11) is 0. The molecule has 116 valence electrons. The number of ketones is 1. The number of amides is 1. The van der Waals surface area contributed by atoms with E-state index in [0.29, 0.717) is 30.0 Å². The number of carbonyl (C=O) groups is 2. The highest BCUT2D eigenvalue weighted by Crippen LogP contribution is 2.27. The van der Waals surface area contributed by atoms with Gasteiger partial charge in [0, 0.05) is 12.0 Å². The van der Waals surface area contributed by atoms with Gasteiger partial charge in [-0.15, -0.1) is 11.6 Å². The largest absolute Gasteiger partial charge is 0.492 e. The second-order valence-corrected chi connectivity index (χ2v) is 5.93. The lowest BCUT2D eigenvalue weighted by atomic mass is 10.1. The Bertz CT molecular complexity index is 512. The zero-order valence-corrected chi connectivity index (χ0v) is 13.7. The van der Waals surface area contributed by atoms with Crippen LogP contribution in [0.3, 0.4) is 0 Å². The lowest BCUT2D eigenvalue weighted by molar-refractivity contribution is -0.116. The molecule has 0 aliphatic rings. The first-order valence-electron chi connectivity index (χ1n) is 7.10. The minimum absolute atomic E-state index is 0.0734. The molecule has 1 N–H and O–H groups in total. The molecule has 1 atom stereocenters. The number of anilines is 1. The zero-order valence-electron chi connectivity index (χ0n) is 12.9. The lowest BCUT2D eigenvalue weighted by Crippen LogP contribution is -2.16. The summed E-state index contributed by atoms with van der Waals surface area (Å²) in [6.07, 6.45) is 0.435. The van der Waals surface area contributed by atoms with Gasteiger partial charge in [-0.25, -0.2) is 0 Å². The molecule has 21 heavy (non-hydrogen) atoms. The molecule has 5 heteroatoms. The van der Waals surface area contributed by atoms with Crippen molar-refractivity contribution in [2.24, 2.45) is 5.92 Å². The van der Waals surface area contributed by atoms with Crippen LogP contribution in [0.15, 0.2) is 18.2 Å². The van der Waals surface area contributed by atoms with Crippen molar-refractivity contribution in [3.63, 3.8) is 0 Å². The molecule has 4 nitrogen and oxygen atoms in total. The third kappa shape index (κ3) is 5.38. The molecule has 1 aromatic carbocycles. The molecule has 1 rings (SSSR count). The molecule has 0 heterocycles. The Morgan fingerprint density at radius 1 is 1.29 bits per heavy atom. The van der Waals surface area contributed by atoms with Crippen LogP contribution >= 0.6 is 11.6 Å². The third-order valence-electron chi connectivity index (χ3n) is 2.79. The number of hydrogen-bond acceptors (Lipinski definition) is 3. The summed E-state index contributed by atoms with van der Waals surface area (Å²) in [4.78, 5) is 23.8. The van der Waals surface area contributed by atoms with Crippen LogP contribution in [-0.4, -0.2) is 23.7 Å². The van der Waals surface area contributed by atoms with Crippen molar-refractivity contribution in [2.45, 2.75) is 39.5 Å². The summed E-state index contributed by atoms with van der Waals surface area (Å²) >= 11 is 5.81. The van der Waals surface area contributed by atoms with E-state index in [0.717, 1.165) is 0 Å². The number of carbonyl (C=O) groups excluding carboxylic acids is 2. The van der Waals surface area contributed by atoms with Crippen LogP contribution in [0, 0.1) is 5.92 Å². The van der Waals surface area contributed by atoms with Gasteiger partial charge in [-0.1, -0.05) is 13.8 Å². The highest BCUT2D eigenvalue weighted by molar-refractivity contribution is 6.33. The molecule has 1 aromatic rings. The van der Waals surface area contributed by atoms with Crippen LogP contribution in [0.4, 0.5) is 5.69 Å². The van der Waals surface area contributed by atoms with Crippen LogP contribution < -0.4 is 10.1 Å². The summed E-state index contributed by atoms with van der Waals surface area (Å²) in [6.45, 7) is 7.88. The predicted octanol–water partition coefficient (Wildman–Crippen LogP) is 3.88. The summed E-state index contributed by atoms with van der Waals surface area (Å²) < 4.78 is 5.50. The van der Waals surface area contributed by atoms with E-state index in [-0.39, 0.29) is 17.6 Å².